The molecule has 1 aromatic carbocycles. The zero-order chi connectivity index (χ0) is 16.1. The number of piperidine rings is 1. The zero-order valence-electron chi connectivity index (χ0n) is 12.3. The molecule has 0 radical (unpaired) electrons. The van der Waals surface area contributed by atoms with Crippen molar-refractivity contribution in [2.24, 2.45) is 5.92 Å². The lowest BCUT2D eigenvalue weighted by atomic mass is 9.97. The summed E-state index contributed by atoms with van der Waals surface area (Å²) in [6, 6.07) is 5.28. The Labute approximate surface area is 143 Å². The van der Waals surface area contributed by atoms with Crippen molar-refractivity contribution in [2.75, 3.05) is 25.0 Å². The van der Waals surface area contributed by atoms with Crippen LogP contribution < -0.4 is 5.32 Å². The van der Waals surface area contributed by atoms with Gasteiger partial charge in [0.15, 0.2) is 0 Å². The van der Waals surface area contributed by atoms with E-state index in [0.717, 1.165) is 17.3 Å². The number of likely N-dealkylation sites (tertiary alicyclic amines) is 1. The standard InChI is InChI=1S/C15H18BrClN2O3/c1-2-22-15(21)19-7-3-4-10(9-19)14(20)18-13-6-5-11(16)8-12(13)17/h5-6,8,10H,2-4,7,9H2,1H3,(H,18,20)/t10-/m1/s1. The van der Waals surface area contributed by atoms with Crippen molar-refractivity contribution < 1.29 is 14.3 Å². The average molecular weight is 390 g/mol. The van der Waals surface area contributed by atoms with Crippen molar-refractivity contribution >= 4 is 45.2 Å². The van der Waals surface area contributed by atoms with Gasteiger partial charge in [0.1, 0.15) is 0 Å². The molecule has 22 heavy (non-hydrogen) atoms. The number of benzene rings is 1. The molecule has 1 saturated heterocycles. The molecule has 1 N–H and O–H groups in total. The second-order valence-electron chi connectivity index (χ2n) is 5.10. The number of anilines is 1. The SMILES string of the molecule is CCOC(=O)N1CCC[C@@H](C(=O)Nc2ccc(Br)cc2Cl)C1. The molecular formula is C15H18BrClN2O3. The normalized spacial score (nSPS) is 18.0. The summed E-state index contributed by atoms with van der Waals surface area (Å²) in [5.41, 5.74) is 0.572. The van der Waals surface area contributed by atoms with E-state index in [2.05, 4.69) is 21.2 Å². The molecule has 1 fully saturated rings. The van der Waals surface area contributed by atoms with Crippen LogP contribution in [0.25, 0.3) is 0 Å². The first-order valence-corrected chi connectivity index (χ1v) is 8.36. The molecular weight excluding hydrogens is 372 g/mol. The summed E-state index contributed by atoms with van der Waals surface area (Å²) in [6.45, 7) is 3.10. The van der Waals surface area contributed by atoms with Crippen molar-refractivity contribution in [1.82, 2.24) is 4.90 Å². The fourth-order valence-corrected chi connectivity index (χ4v) is 3.12. The lowest BCUT2D eigenvalue weighted by Crippen LogP contribution is -2.44. The van der Waals surface area contributed by atoms with Gasteiger partial charge in [-0.3, -0.25) is 4.79 Å². The molecule has 0 spiro atoms. The van der Waals surface area contributed by atoms with Crippen molar-refractivity contribution in [3.63, 3.8) is 0 Å². The van der Waals surface area contributed by atoms with Gasteiger partial charge in [0.2, 0.25) is 5.91 Å². The summed E-state index contributed by atoms with van der Waals surface area (Å²) >= 11 is 9.43. The van der Waals surface area contributed by atoms with Gasteiger partial charge in [-0.25, -0.2) is 4.79 Å². The highest BCUT2D eigenvalue weighted by Crippen LogP contribution is 2.27. The van der Waals surface area contributed by atoms with Gasteiger partial charge in [0.05, 0.1) is 23.2 Å². The van der Waals surface area contributed by atoms with Crippen molar-refractivity contribution in [3.05, 3.63) is 27.7 Å². The molecule has 2 amide bonds. The molecule has 0 bridgehead atoms. The molecule has 0 saturated carbocycles. The molecule has 1 atom stereocenters. The molecule has 2 rings (SSSR count). The van der Waals surface area contributed by atoms with E-state index in [1.165, 1.54) is 0 Å². The lowest BCUT2D eigenvalue weighted by molar-refractivity contribution is -0.121. The molecule has 120 valence electrons. The minimum absolute atomic E-state index is 0.127. The average Bonchev–Trinajstić information content (AvgIpc) is 2.50. The number of nitrogens with zero attached hydrogens (tertiary/aromatic N) is 1. The Morgan fingerprint density at radius 1 is 1.50 bits per heavy atom. The highest BCUT2D eigenvalue weighted by Gasteiger charge is 2.29. The van der Waals surface area contributed by atoms with E-state index in [1.54, 1.807) is 24.0 Å². The summed E-state index contributed by atoms with van der Waals surface area (Å²) in [5.74, 6) is -0.379. The van der Waals surface area contributed by atoms with Crippen molar-refractivity contribution in [2.45, 2.75) is 19.8 Å². The molecule has 1 aliphatic heterocycles. The summed E-state index contributed by atoms with van der Waals surface area (Å²) in [4.78, 5) is 25.7. The Kier molecular flexibility index (Phi) is 6.08. The minimum Gasteiger partial charge on any atom is -0.450 e. The van der Waals surface area contributed by atoms with E-state index in [4.69, 9.17) is 16.3 Å². The number of halogens is 2. The fourth-order valence-electron chi connectivity index (χ4n) is 2.40. The predicted molar refractivity (Wildman–Crippen MR) is 89.1 cm³/mol. The third-order valence-corrected chi connectivity index (χ3v) is 4.31. The van der Waals surface area contributed by atoms with E-state index in [0.29, 0.717) is 30.4 Å². The van der Waals surface area contributed by atoms with Crippen LogP contribution >= 0.6 is 27.5 Å². The second kappa shape index (κ2) is 7.83. The maximum Gasteiger partial charge on any atom is 0.409 e. The van der Waals surface area contributed by atoms with Crippen LogP contribution in [0, 0.1) is 5.92 Å². The van der Waals surface area contributed by atoms with Crippen LogP contribution in [0.1, 0.15) is 19.8 Å². The smallest absolute Gasteiger partial charge is 0.409 e. The van der Waals surface area contributed by atoms with Crippen LogP contribution in [0.4, 0.5) is 10.5 Å². The number of carbonyl (C=O) groups excluding carboxylic acids is 2. The zero-order valence-corrected chi connectivity index (χ0v) is 14.6. The lowest BCUT2D eigenvalue weighted by Gasteiger charge is -2.31. The van der Waals surface area contributed by atoms with E-state index in [1.807, 2.05) is 6.07 Å². The molecule has 1 heterocycles. The van der Waals surface area contributed by atoms with Crippen LogP contribution in [-0.2, 0) is 9.53 Å². The number of amides is 2. The van der Waals surface area contributed by atoms with Gasteiger partial charge in [0, 0.05) is 17.6 Å². The Morgan fingerprint density at radius 2 is 2.27 bits per heavy atom. The van der Waals surface area contributed by atoms with Gasteiger partial charge in [-0.05, 0) is 38.0 Å². The summed E-state index contributed by atoms with van der Waals surface area (Å²) in [5, 5.41) is 3.30. The molecule has 5 nitrogen and oxygen atoms in total. The fraction of sp³-hybridized carbons (Fsp3) is 0.467. The number of ether oxygens (including phenoxy) is 1. The van der Waals surface area contributed by atoms with E-state index in [9.17, 15) is 9.59 Å². The van der Waals surface area contributed by atoms with Crippen LogP contribution in [0.5, 0.6) is 0 Å². The monoisotopic (exact) mass is 388 g/mol. The Hall–Kier alpha value is -1.27. The minimum atomic E-state index is -0.360. The second-order valence-corrected chi connectivity index (χ2v) is 6.42. The molecule has 1 aromatic rings. The number of nitrogens with one attached hydrogen (secondary N) is 1. The summed E-state index contributed by atoms with van der Waals surface area (Å²) in [7, 11) is 0. The molecule has 0 aliphatic carbocycles. The van der Waals surface area contributed by atoms with Gasteiger partial charge in [-0.15, -0.1) is 0 Å². The van der Waals surface area contributed by atoms with Crippen molar-refractivity contribution in [3.8, 4) is 0 Å². The topological polar surface area (TPSA) is 58.6 Å². The maximum absolute atomic E-state index is 12.4. The third kappa shape index (κ3) is 4.36. The third-order valence-electron chi connectivity index (χ3n) is 3.51. The van der Waals surface area contributed by atoms with Gasteiger partial charge < -0.3 is 15.0 Å². The Balaban J connectivity index is 1.98. The maximum atomic E-state index is 12.4. The first kappa shape index (κ1) is 17.1. The Bertz CT molecular complexity index is 568. The van der Waals surface area contributed by atoms with E-state index >= 15 is 0 Å². The molecule has 1 aliphatic rings. The molecule has 0 aromatic heterocycles. The van der Waals surface area contributed by atoms with Gasteiger partial charge in [-0.2, -0.15) is 0 Å². The highest BCUT2D eigenvalue weighted by atomic mass is 79.9. The molecule has 0 unspecified atom stereocenters. The number of carbonyl (C=O) groups is 2. The number of hydrogen-bond donors (Lipinski definition) is 1. The van der Waals surface area contributed by atoms with Crippen molar-refractivity contribution in [1.29, 1.82) is 0 Å². The predicted octanol–water partition coefficient (Wildman–Crippen LogP) is 3.91. The van der Waals surface area contributed by atoms with Crippen LogP contribution in [-0.4, -0.2) is 36.6 Å². The Morgan fingerprint density at radius 3 is 2.95 bits per heavy atom. The highest BCUT2D eigenvalue weighted by molar-refractivity contribution is 9.10. The molecule has 7 heteroatoms. The van der Waals surface area contributed by atoms with E-state index in [-0.39, 0.29) is 17.9 Å². The summed E-state index contributed by atoms with van der Waals surface area (Å²) in [6.07, 6.45) is 1.17. The first-order chi connectivity index (χ1) is 10.5. The number of rotatable bonds is 3. The number of hydrogen-bond acceptors (Lipinski definition) is 3. The van der Waals surface area contributed by atoms with Crippen LogP contribution in [0.3, 0.4) is 0 Å². The largest absolute Gasteiger partial charge is 0.450 e. The van der Waals surface area contributed by atoms with Crippen LogP contribution in [0.2, 0.25) is 5.02 Å². The van der Waals surface area contributed by atoms with Crippen LogP contribution in [0.15, 0.2) is 22.7 Å². The first-order valence-electron chi connectivity index (χ1n) is 7.19. The van der Waals surface area contributed by atoms with Gasteiger partial charge >= 0.3 is 6.09 Å². The van der Waals surface area contributed by atoms with E-state index < -0.39 is 0 Å². The quantitative estimate of drug-likeness (QED) is 0.852. The summed E-state index contributed by atoms with van der Waals surface area (Å²) < 4.78 is 5.84. The van der Waals surface area contributed by atoms with Gasteiger partial charge in [0.25, 0.3) is 0 Å². The van der Waals surface area contributed by atoms with Gasteiger partial charge in [-0.1, -0.05) is 27.5 Å².